The summed E-state index contributed by atoms with van der Waals surface area (Å²) in [6.45, 7) is 0.0772. The molecule has 0 aliphatic rings. The number of ketones is 1. The number of rotatable bonds is 11. The minimum atomic E-state index is -4.01. The zero-order valence-electron chi connectivity index (χ0n) is 20.2. The van der Waals surface area contributed by atoms with Gasteiger partial charge in [0, 0.05) is 27.1 Å². The molecule has 3 rings (SSSR count). The van der Waals surface area contributed by atoms with Crippen LogP contribution >= 0.6 is 0 Å². The van der Waals surface area contributed by atoms with Gasteiger partial charge in [-0.15, -0.1) is 0 Å². The molecule has 0 spiro atoms. The highest BCUT2D eigenvalue weighted by Crippen LogP contribution is 2.24. The summed E-state index contributed by atoms with van der Waals surface area (Å²) in [5.41, 5.74) is 1.08. The molecule has 12 heteroatoms. The second-order valence-corrected chi connectivity index (χ2v) is 10.1. The number of oxazole rings is 1. The Morgan fingerprint density at radius 3 is 2.47 bits per heavy atom. The van der Waals surface area contributed by atoms with E-state index in [1.165, 1.54) is 44.3 Å². The molecule has 2 aromatic carbocycles. The van der Waals surface area contributed by atoms with Crippen LogP contribution in [0.3, 0.4) is 0 Å². The molecule has 192 valence electrons. The van der Waals surface area contributed by atoms with Crippen LogP contribution in [0.2, 0.25) is 0 Å². The number of hydrogen-bond donors (Lipinski definition) is 2. The van der Waals surface area contributed by atoms with E-state index in [2.05, 4.69) is 15.6 Å². The number of ether oxygens (including phenoxy) is 1. The minimum absolute atomic E-state index is 0.0125. The summed E-state index contributed by atoms with van der Waals surface area (Å²) in [6, 6.07) is 11.0. The standard InChI is InChI=1S/C24H28N4O7S/c1-28(2)24(31)27-17(15-36(32,33)21-13-7-6-12-20(21)34-3)22(30)25-14-8-10-18(29)23-26-16-9-4-5-11-19(16)35-23/h4-7,9,11-13,17H,8,10,14-15H2,1-3H3,(H,25,30)(H,27,31). The van der Waals surface area contributed by atoms with Gasteiger partial charge in [0.1, 0.15) is 22.2 Å². The molecule has 0 radical (unpaired) electrons. The number of urea groups is 1. The van der Waals surface area contributed by atoms with E-state index in [1.807, 2.05) is 0 Å². The summed E-state index contributed by atoms with van der Waals surface area (Å²) < 4.78 is 36.7. The van der Waals surface area contributed by atoms with E-state index in [1.54, 1.807) is 30.3 Å². The Balaban J connectivity index is 1.63. The zero-order valence-corrected chi connectivity index (χ0v) is 21.0. The molecule has 36 heavy (non-hydrogen) atoms. The lowest BCUT2D eigenvalue weighted by Gasteiger charge is -2.21. The van der Waals surface area contributed by atoms with Crippen LogP contribution in [0.5, 0.6) is 5.75 Å². The van der Waals surface area contributed by atoms with Gasteiger partial charge in [-0.3, -0.25) is 9.59 Å². The molecule has 11 nitrogen and oxygen atoms in total. The molecule has 3 aromatic rings. The first-order chi connectivity index (χ1) is 17.1. The fraction of sp³-hybridized carbons (Fsp3) is 0.333. The van der Waals surface area contributed by atoms with Crippen molar-refractivity contribution in [1.82, 2.24) is 20.5 Å². The van der Waals surface area contributed by atoms with Crippen molar-refractivity contribution in [1.29, 1.82) is 0 Å². The third-order valence-corrected chi connectivity index (χ3v) is 7.00. The Bertz CT molecular complexity index is 1320. The molecule has 1 aromatic heterocycles. The van der Waals surface area contributed by atoms with Crippen molar-refractivity contribution < 1.29 is 32.0 Å². The van der Waals surface area contributed by atoms with Crippen LogP contribution in [0.15, 0.2) is 57.8 Å². The predicted octanol–water partition coefficient (Wildman–Crippen LogP) is 2.03. The van der Waals surface area contributed by atoms with Crippen molar-refractivity contribution >= 4 is 38.7 Å². The molecule has 0 aliphatic carbocycles. The van der Waals surface area contributed by atoms with Crippen LogP contribution in [0.1, 0.15) is 23.5 Å². The van der Waals surface area contributed by atoms with E-state index in [-0.39, 0.29) is 41.7 Å². The monoisotopic (exact) mass is 516 g/mol. The molecule has 0 saturated heterocycles. The summed E-state index contributed by atoms with van der Waals surface area (Å²) in [5, 5.41) is 5.03. The number of benzene rings is 2. The van der Waals surface area contributed by atoms with E-state index in [4.69, 9.17) is 9.15 Å². The number of Topliss-reactive ketones (excluding diaryl/α,β-unsaturated/α-hetero) is 1. The zero-order chi connectivity index (χ0) is 26.3. The summed E-state index contributed by atoms with van der Waals surface area (Å²) in [6.07, 6.45) is 0.318. The maximum absolute atomic E-state index is 13.0. The summed E-state index contributed by atoms with van der Waals surface area (Å²) in [5.74, 6) is -1.58. The molecule has 3 amide bonds. The highest BCUT2D eigenvalue weighted by atomic mass is 32.2. The van der Waals surface area contributed by atoms with E-state index in [0.717, 1.165) is 0 Å². The van der Waals surface area contributed by atoms with Crippen LogP contribution in [-0.4, -0.2) is 75.6 Å². The normalized spacial score (nSPS) is 12.1. The van der Waals surface area contributed by atoms with Gasteiger partial charge in [-0.2, -0.15) is 0 Å². The highest BCUT2D eigenvalue weighted by molar-refractivity contribution is 7.91. The second kappa shape index (κ2) is 11.7. The van der Waals surface area contributed by atoms with Crippen molar-refractivity contribution in [2.75, 3.05) is 33.5 Å². The van der Waals surface area contributed by atoms with Crippen molar-refractivity contribution in [3.05, 3.63) is 54.4 Å². The van der Waals surface area contributed by atoms with Crippen LogP contribution in [-0.2, 0) is 14.6 Å². The highest BCUT2D eigenvalue weighted by Gasteiger charge is 2.30. The smallest absolute Gasteiger partial charge is 0.317 e. The van der Waals surface area contributed by atoms with Gasteiger partial charge in [0.15, 0.2) is 15.4 Å². The lowest BCUT2D eigenvalue weighted by molar-refractivity contribution is -0.122. The fourth-order valence-corrected chi connectivity index (χ4v) is 4.93. The molecule has 1 heterocycles. The van der Waals surface area contributed by atoms with Gasteiger partial charge in [-0.1, -0.05) is 24.3 Å². The molecule has 0 bridgehead atoms. The van der Waals surface area contributed by atoms with E-state index in [9.17, 15) is 22.8 Å². The number of aromatic nitrogens is 1. The average Bonchev–Trinajstić information content (AvgIpc) is 3.30. The number of fused-ring (bicyclic) bond motifs is 1. The fourth-order valence-electron chi connectivity index (χ4n) is 3.33. The second-order valence-electron chi connectivity index (χ2n) is 8.13. The Morgan fingerprint density at radius 1 is 1.08 bits per heavy atom. The van der Waals surface area contributed by atoms with Gasteiger partial charge in [-0.25, -0.2) is 18.2 Å². The molecule has 0 saturated carbocycles. The van der Waals surface area contributed by atoms with E-state index in [0.29, 0.717) is 11.1 Å². The van der Waals surface area contributed by atoms with Gasteiger partial charge in [0.25, 0.3) is 5.89 Å². The lowest BCUT2D eigenvalue weighted by Crippen LogP contribution is -2.52. The number of nitrogens with one attached hydrogen (secondary N) is 2. The van der Waals surface area contributed by atoms with Gasteiger partial charge in [-0.05, 0) is 30.7 Å². The summed E-state index contributed by atoms with van der Waals surface area (Å²) >= 11 is 0. The first-order valence-corrected chi connectivity index (χ1v) is 12.8. The van der Waals surface area contributed by atoms with E-state index < -0.39 is 33.6 Å². The first-order valence-electron chi connectivity index (χ1n) is 11.1. The Kier molecular flexibility index (Phi) is 8.64. The molecule has 1 atom stereocenters. The largest absolute Gasteiger partial charge is 0.495 e. The quantitative estimate of drug-likeness (QED) is 0.291. The number of nitrogens with zero attached hydrogens (tertiary/aromatic N) is 2. The van der Waals surface area contributed by atoms with Crippen molar-refractivity contribution in [2.45, 2.75) is 23.8 Å². The van der Waals surface area contributed by atoms with Gasteiger partial charge >= 0.3 is 6.03 Å². The Morgan fingerprint density at radius 2 is 1.78 bits per heavy atom. The number of para-hydroxylation sites is 3. The number of methoxy groups -OCH3 is 1. The van der Waals surface area contributed by atoms with Crippen molar-refractivity contribution in [3.8, 4) is 5.75 Å². The van der Waals surface area contributed by atoms with Crippen LogP contribution in [0, 0.1) is 0 Å². The maximum Gasteiger partial charge on any atom is 0.317 e. The number of sulfone groups is 1. The molecule has 2 N–H and O–H groups in total. The van der Waals surface area contributed by atoms with Crippen LogP contribution < -0.4 is 15.4 Å². The van der Waals surface area contributed by atoms with Crippen molar-refractivity contribution in [2.24, 2.45) is 0 Å². The van der Waals surface area contributed by atoms with Crippen LogP contribution in [0.4, 0.5) is 4.79 Å². The first kappa shape index (κ1) is 26.7. The SMILES string of the molecule is COc1ccccc1S(=O)(=O)CC(NC(=O)N(C)C)C(=O)NCCCC(=O)c1nc2ccccc2o1. The third-order valence-electron chi connectivity index (χ3n) is 5.22. The molecular formula is C24H28N4O7S. The Hall–Kier alpha value is -3.93. The topological polar surface area (TPSA) is 148 Å². The van der Waals surface area contributed by atoms with E-state index >= 15 is 0 Å². The molecule has 0 fully saturated rings. The van der Waals surface area contributed by atoms with Gasteiger partial charge < -0.3 is 24.7 Å². The number of hydrogen-bond acceptors (Lipinski definition) is 8. The third kappa shape index (κ3) is 6.60. The predicted molar refractivity (Wildman–Crippen MR) is 132 cm³/mol. The molecule has 1 unspecified atom stereocenters. The molecular weight excluding hydrogens is 488 g/mol. The van der Waals surface area contributed by atoms with Gasteiger partial charge in [0.05, 0.1) is 12.9 Å². The summed E-state index contributed by atoms with van der Waals surface area (Å²) in [7, 11) is 0.274. The maximum atomic E-state index is 13.0. The minimum Gasteiger partial charge on any atom is -0.495 e. The summed E-state index contributed by atoms with van der Waals surface area (Å²) in [4.78, 5) is 42.7. The number of amides is 3. The average molecular weight is 517 g/mol. The number of carbonyl (C=O) groups is 3. The van der Waals surface area contributed by atoms with Crippen LogP contribution in [0.25, 0.3) is 11.1 Å². The number of carbonyl (C=O) groups excluding carboxylic acids is 3. The van der Waals surface area contributed by atoms with Gasteiger partial charge in [0.2, 0.25) is 11.7 Å². The lowest BCUT2D eigenvalue weighted by atomic mass is 10.2. The molecule has 0 aliphatic heterocycles. The van der Waals surface area contributed by atoms with Crippen molar-refractivity contribution in [3.63, 3.8) is 0 Å². The Labute approximate surface area is 208 Å².